The Bertz CT molecular complexity index is 310. The van der Waals surface area contributed by atoms with Gasteiger partial charge in [0.05, 0.1) is 0 Å². The normalized spacial score (nSPS) is 13.0. The number of rotatable bonds is 0. The molecular formula is C4CuF12N4. The maximum Gasteiger partial charge on any atom is 0.457 e. The maximum atomic E-state index is 11.1. The van der Waals surface area contributed by atoms with E-state index >= 15 is 0 Å². The number of nitrogens with zero attached hydrogens (tertiary/aromatic N) is 4. The fourth-order valence-electron chi connectivity index (χ4n) is 0.345. The second-order valence-corrected chi connectivity index (χ2v) is 2.28. The van der Waals surface area contributed by atoms with Gasteiger partial charge in [-0.1, -0.05) is 37.3 Å². The van der Waals surface area contributed by atoms with Gasteiger partial charge in [0.15, 0.2) is 0 Å². The molecule has 4 nitrogen and oxygen atoms in total. The van der Waals surface area contributed by atoms with Crippen molar-refractivity contribution >= 4 is 11.7 Å². The summed E-state index contributed by atoms with van der Waals surface area (Å²) in [5.74, 6) is -5.74. The van der Waals surface area contributed by atoms with Crippen LogP contribution in [-0.2, 0) is 17.1 Å². The molecule has 0 aliphatic carbocycles. The Hall–Kier alpha value is -1.38. The Labute approximate surface area is 116 Å². The fraction of sp³-hybridized carbons (Fsp3) is 0.500. The number of halogens is 12. The van der Waals surface area contributed by atoms with Crippen LogP contribution < -0.4 is 0 Å². The number of hydrogen-bond acceptors (Lipinski definition) is 2. The van der Waals surface area contributed by atoms with Gasteiger partial charge < -0.3 is 0 Å². The molecule has 0 aromatic rings. The molecule has 0 fully saturated rings. The van der Waals surface area contributed by atoms with E-state index in [4.69, 9.17) is 0 Å². The standard InChI is InChI=1S/2C2F6N2.Cu/c2*3-2(4,5)1(9-6)10(7)8;. The molecule has 17 heteroatoms. The van der Waals surface area contributed by atoms with Crippen LogP contribution in [0.25, 0.3) is 0 Å². The van der Waals surface area contributed by atoms with Gasteiger partial charge in [-0.05, 0) is 10.7 Å². The monoisotopic (exact) mass is 395 g/mol. The van der Waals surface area contributed by atoms with E-state index < -0.39 is 34.7 Å². The van der Waals surface area contributed by atoms with Crippen LogP contribution in [-0.4, -0.2) is 34.7 Å². The number of alkyl halides is 6. The van der Waals surface area contributed by atoms with Gasteiger partial charge in [-0.15, -0.1) is 0 Å². The molecule has 0 atom stereocenters. The van der Waals surface area contributed by atoms with E-state index in [0.717, 1.165) is 10.4 Å². The Morgan fingerprint density at radius 1 is 0.619 bits per heavy atom. The minimum absolute atomic E-state index is 0. The van der Waals surface area contributed by atoms with Gasteiger partial charge in [-0.2, -0.15) is 26.3 Å². The minimum Gasteiger partial charge on any atom is -0.163 e. The molecule has 0 aliphatic heterocycles. The first kappa shape index (κ1) is 24.6. The summed E-state index contributed by atoms with van der Waals surface area (Å²) < 4.78 is 132. The van der Waals surface area contributed by atoms with E-state index in [1.807, 2.05) is 0 Å². The first-order valence-corrected chi connectivity index (χ1v) is 3.54. The molecular weight excluding hydrogens is 396 g/mol. The average Bonchev–Trinajstić information content (AvgIpc) is 2.13. The van der Waals surface area contributed by atoms with E-state index in [1.54, 1.807) is 0 Å². The SMILES string of the molecule is FN=C(N(F)F)C(F)(F)F.FN=C(N(F)F)C(F)(F)F.[Cu]. The van der Waals surface area contributed by atoms with E-state index in [0.29, 0.717) is 0 Å². The minimum atomic E-state index is -5.46. The third kappa shape index (κ3) is 10.1. The molecule has 0 saturated heterocycles. The summed E-state index contributed by atoms with van der Waals surface area (Å²) >= 11 is 0. The molecule has 0 aromatic carbocycles. The first-order chi connectivity index (χ1) is 8.78. The van der Waals surface area contributed by atoms with Crippen LogP contribution in [0, 0.1) is 0 Å². The van der Waals surface area contributed by atoms with Crippen molar-refractivity contribution in [2.75, 3.05) is 0 Å². The largest absolute Gasteiger partial charge is 0.457 e. The summed E-state index contributed by atoms with van der Waals surface area (Å²) in [4.78, 5) is 0. The van der Waals surface area contributed by atoms with Gasteiger partial charge in [0, 0.05) is 17.1 Å². The quantitative estimate of drug-likeness (QED) is 0.205. The van der Waals surface area contributed by atoms with Crippen LogP contribution in [0.4, 0.5) is 53.2 Å². The summed E-state index contributed by atoms with van der Waals surface area (Å²) in [6.07, 6.45) is -10.9. The van der Waals surface area contributed by atoms with Crippen LogP contribution in [0.2, 0.25) is 0 Å². The van der Waals surface area contributed by atoms with Gasteiger partial charge in [-0.25, -0.2) is 0 Å². The van der Waals surface area contributed by atoms with Crippen LogP contribution in [0.5, 0.6) is 0 Å². The maximum absolute atomic E-state index is 11.1. The molecule has 0 spiro atoms. The zero-order valence-electron chi connectivity index (χ0n) is 8.63. The van der Waals surface area contributed by atoms with E-state index in [-0.39, 0.29) is 17.1 Å². The Morgan fingerprint density at radius 3 is 0.810 bits per heavy atom. The predicted molar refractivity (Wildman–Crippen MR) is 37.3 cm³/mol. The van der Waals surface area contributed by atoms with Crippen molar-refractivity contribution in [1.29, 1.82) is 0 Å². The van der Waals surface area contributed by atoms with Gasteiger partial charge in [0.2, 0.25) is 0 Å². The van der Waals surface area contributed by atoms with Crippen LogP contribution >= 0.6 is 0 Å². The molecule has 0 amide bonds. The van der Waals surface area contributed by atoms with Crippen LogP contribution in [0.15, 0.2) is 10.4 Å². The molecule has 0 N–H and O–H groups in total. The molecule has 0 aliphatic rings. The molecule has 0 heterocycles. The summed E-state index contributed by atoms with van der Waals surface area (Å²) in [6.45, 7) is 0. The van der Waals surface area contributed by atoms with Crippen molar-refractivity contribution in [3.63, 3.8) is 0 Å². The van der Waals surface area contributed by atoms with Gasteiger partial charge in [-0.3, -0.25) is 0 Å². The molecule has 0 bridgehead atoms. The molecule has 0 rings (SSSR count). The van der Waals surface area contributed by atoms with Crippen molar-refractivity contribution in [2.24, 2.45) is 10.4 Å². The average molecular weight is 396 g/mol. The zero-order valence-corrected chi connectivity index (χ0v) is 9.57. The third-order valence-electron chi connectivity index (χ3n) is 0.987. The van der Waals surface area contributed by atoms with Gasteiger partial charge >= 0.3 is 24.0 Å². The van der Waals surface area contributed by atoms with Gasteiger partial charge in [0.1, 0.15) is 0 Å². The third-order valence-corrected chi connectivity index (χ3v) is 0.987. The zero-order chi connectivity index (χ0) is 16.7. The summed E-state index contributed by atoms with van der Waals surface area (Å²) in [5, 5.41) is -3.24. The van der Waals surface area contributed by atoms with Crippen molar-refractivity contribution in [1.82, 2.24) is 10.7 Å². The number of amidine groups is 2. The molecule has 0 unspecified atom stereocenters. The number of hydrogen-bond donors (Lipinski definition) is 0. The topological polar surface area (TPSA) is 31.2 Å². The Morgan fingerprint density at radius 2 is 0.810 bits per heavy atom. The summed E-state index contributed by atoms with van der Waals surface area (Å²) in [6, 6.07) is 0. The van der Waals surface area contributed by atoms with Crippen molar-refractivity contribution in [3.05, 3.63) is 0 Å². The molecule has 21 heavy (non-hydrogen) atoms. The van der Waals surface area contributed by atoms with Crippen molar-refractivity contribution < 1.29 is 70.3 Å². The summed E-state index contributed by atoms with van der Waals surface area (Å²) in [7, 11) is 0. The molecule has 131 valence electrons. The Kier molecular flexibility index (Phi) is 11.2. The van der Waals surface area contributed by atoms with Crippen molar-refractivity contribution in [2.45, 2.75) is 12.4 Å². The Balaban J connectivity index is -0.000000295. The van der Waals surface area contributed by atoms with Crippen LogP contribution in [0.3, 0.4) is 0 Å². The fourth-order valence-corrected chi connectivity index (χ4v) is 0.345. The second kappa shape index (κ2) is 9.54. The summed E-state index contributed by atoms with van der Waals surface area (Å²) in [5.41, 5.74) is 0. The van der Waals surface area contributed by atoms with E-state index in [2.05, 4.69) is 0 Å². The van der Waals surface area contributed by atoms with Gasteiger partial charge in [0.25, 0.3) is 0 Å². The molecule has 0 saturated carbocycles. The van der Waals surface area contributed by atoms with E-state index in [9.17, 15) is 53.2 Å². The molecule has 1 radical (unpaired) electrons. The smallest absolute Gasteiger partial charge is 0.163 e. The van der Waals surface area contributed by atoms with E-state index in [1.165, 1.54) is 0 Å². The second-order valence-electron chi connectivity index (χ2n) is 2.28. The first-order valence-electron chi connectivity index (χ1n) is 3.54. The molecule has 0 aromatic heterocycles. The van der Waals surface area contributed by atoms with Crippen LogP contribution in [0.1, 0.15) is 0 Å². The predicted octanol–water partition coefficient (Wildman–Crippen LogP) is 3.80. The van der Waals surface area contributed by atoms with Crippen molar-refractivity contribution in [3.8, 4) is 0 Å².